The highest BCUT2D eigenvalue weighted by atomic mass is 35.5. The second-order valence-electron chi connectivity index (χ2n) is 6.32. The molecule has 0 aromatic carbocycles. The highest BCUT2D eigenvalue weighted by Gasteiger charge is 2.30. The molecule has 2 aromatic rings. The number of thiophene rings is 1. The van der Waals surface area contributed by atoms with E-state index in [9.17, 15) is 19.7 Å². The van der Waals surface area contributed by atoms with Crippen LogP contribution >= 0.6 is 22.9 Å². The summed E-state index contributed by atoms with van der Waals surface area (Å²) >= 11 is 7.18. The van der Waals surface area contributed by atoms with Crippen LogP contribution in [0.15, 0.2) is 0 Å². The van der Waals surface area contributed by atoms with Crippen molar-refractivity contribution < 1.29 is 19.2 Å². The molecule has 0 fully saturated rings. The van der Waals surface area contributed by atoms with Gasteiger partial charge in [0.2, 0.25) is 0 Å². The number of nitrogens with one attached hydrogen (secondary N) is 2. The van der Waals surface area contributed by atoms with E-state index in [1.807, 2.05) is 0 Å². The number of hydrogen-bond donors (Lipinski definition) is 2. The van der Waals surface area contributed by atoms with Crippen molar-refractivity contribution >= 4 is 45.6 Å². The van der Waals surface area contributed by atoms with E-state index in [4.69, 9.17) is 16.3 Å². The summed E-state index contributed by atoms with van der Waals surface area (Å²) in [5.74, 6) is -1.80. The van der Waals surface area contributed by atoms with Crippen LogP contribution in [-0.2, 0) is 17.6 Å². The van der Waals surface area contributed by atoms with Crippen molar-refractivity contribution in [1.29, 1.82) is 0 Å². The summed E-state index contributed by atoms with van der Waals surface area (Å²) in [5, 5.41) is 19.2. The fourth-order valence-corrected chi connectivity index (χ4v) is 4.41. The van der Waals surface area contributed by atoms with E-state index in [2.05, 4.69) is 15.5 Å². The molecule has 0 bridgehead atoms. The number of ether oxygens (including phenoxy) is 1. The zero-order valence-corrected chi connectivity index (χ0v) is 16.2. The van der Waals surface area contributed by atoms with Crippen LogP contribution in [0.3, 0.4) is 0 Å². The molecule has 2 N–H and O–H groups in total. The second kappa shape index (κ2) is 7.65. The molecule has 144 valence electrons. The molecule has 2 aromatic heterocycles. The molecule has 0 saturated carbocycles. The van der Waals surface area contributed by atoms with Gasteiger partial charge in [0.1, 0.15) is 5.00 Å². The number of fused-ring (bicyclic) bond motifs is 1. The van der Waals surface area contributed by atoms with Crippen LogP contribution < -0.4 is 5.32 Å². The summed E-state index contributed by atoms with van der Waals surface area (Å²) in [4.78, 5) is 36.2. The van der Waals surface area contributed by atoms with E-state index in [1.54, 1.807) is 13.8 Å². The van der Waals surface area contributed by atoms with Gasteiger partial charge in [-0.1, -0.05) is 16.7 Å². The Hall–Kier alpha value is -2.46. The first kappa shape index (κ1) is 19.3. The van der Waals surface area contributed by atoms with Gasteiger partial charge in [0.15, 0.2) is 10.7 Å². The van der Waals surface area contributed by atoms with Crippen molar-refractivity contribution in [2.75, 3.05) is 5.32 Å². The number of amides is 1. The van der Waals surface area contributed by atoms with Crippen LogP contribution in [0.5, 0.6) is 0 Å². The quantitative estimate of drug-likeness (QED) is 0.437. The van der Waals surface area contributed by atoms with Crippen LogP contribution in [-0.4, -0.2) is 33.1 Å². The summed E-state index contributed by atoms with van der Waals surface area (Å²) in [6, 6.07) is 0. The maximum absolute atomic E-state index is 12.6. The molecular formula is C16H17ClN4O5S. The lowest BCUT2D eigenvalue weighted by Gasteiger charge is -2.14. The number of carbonyl (C=O) groups excluding carboxylic acids is 2. The number of aryl methyl sites for hydroxylation is 1. The number of H-pyrrole nitrogens is 1. The Morgan fingerprint density at radius 2 is 2.07 bits per heavy atom. The minimum absolute atomic E-state index is 0.302. The van der Waals surface area contributed by atoms with Crippen molar-refractivity contribution in [3.8, 4) is 0 Å². The molecule has 2 heterocycles. The fourth-order valence-electron chi connectivity index (χ4n) is 2.90. The topological polar surface area (TPSA) is 127 Å². The highest BCUT2D eigenvalue weighted by molar-refractivity contribution is 7.17. The number of rotatable bonds is 5. The van der Waals surface area contributed by atoms with Crippen LogP contribution in [0.25, 0.3) is 0 Å². The molecular weight excluding hydrogens is 396 g/mol. The van der Waals surface area contributed by atoms with Gasteiger partial charge < -0.3 is 20.2 Å². The van der Waals surface area contributed by atoms with E-state index in [0.29, 0.717) is 10.6 Å². The minimum atomic E-state index is -0.763. The van der Waals surface area contributed by atoms with E-state index in [0.717, 1.165) is 36.1 Å². The van der Waals surface area contributed by atoms with Gasteiger partial charge in [-0.05, 0) is 50.0 Å². The van der Waals surface area contributed by atoms with Gasteiger partial charge in [0.25, 0.3) is 5.91 Å². The van der Waals surface area contributed by atoms with Gasteiger partial charge in [-0.3, -0.25) is 4.79 Å². The van der Waals surface area contributed by atoms with Crippen molar-refractivity contribution in [1.82, 2.24) is 10.2 Å². The predicted octanol–water partition coefficient (Wildman–Crippen LogP) is 3.73. The first-order valence-electron chi connectivity index (χ1n) is 8.34. The molecule has 0 atom stereocenters. The highest BCUT2D eigenvalue weighted by Crippen LogP contribution is 2.39. The second-order valence-corrected chi connectivity index (χ2v) is 7.80. The zero-order chi connectivity index (χ0) is 19.7. The van der Waals surface area contributed by atoms with Gasteiger partial charge in [0.05, 0.1) is 11.7 Å². The largest absolute Gasteiger partial charge is 0.459 e. The lowest BCUT2D eigenvalue weighted by molar-refractivity contribution is -0.389. The van der Waals surface area contributed by atoms with Crippen molar-refractivity contribution in [3.63, 3.8) is 0 Å². The van der Waals surface area contributed by atoms with Gasteiger partial charge in [-0.15, -0.1) is 16.4 Å². The molecule has 27 heavy (non-hydrogen) atoms. The summed E-state index contributed by atoms with van der Waals surface area (Å²) in [6.07, 6.45) is 3.22. The summed E-state index contributed by atoms with van der Waals surface area (Å²) in [5.41, 5.74) is 0.933. The Labute approximate surface area is 163 Å². The van der Waals surface area contributed by atoms with E-state index in [1.165, 1.54) is 11.3 Å². The molecule has 0 spiro atoms. The Bertz CT molecular complexity index is 920. The molecule has 0 aliphatic heterocycles. The molecule has 0 saturated heterocycles. The number of carbonyl (C=O) groups is 2. The summed E-state index contributed by atoms with van der Waals surface area (Å²) < 4.78 is 5.33. The first-order chi connectivity index (χ1) is 12.8. The Balaban J connectivity index is 1.94. The van der Waals surface area contributed by atoms with Crippen molar-refractivity contribution in [3.05, 3.63) is 36.8 Å². The van der Waals surface area contributed by atoms with Crippen LogP contribution in [0.2, 0.25) is 5.02 Å². The van der Waals surface area contributed by atoms with E-state index in [-0.39, 0.29) is 16.8 Å². The smallest absolute Gasteiger partial charge is 0.362 e. The number of aromatic amines is 1. The van der Waals surface area contributed by atoms with E-state index < -0.39 is 22.6 Å². The summed E-state index contributed by atoms with van der Waals surface area (Å²) in [7, 11) is 0. The lowest BCUT2D eigenvalue weighted by atomic mass is 9.95. The number of hydrogen-bond acceptors (Lipinski definition) is 7. The number of halogens is 1. The van der Waals surface area contributed by atoms with Gasteiger partial charge in [-0.25, -0.2) is 4.79 Å². The van der Waals surface area contributed by atoms with Crippen molar-refractivity contribution in [2.24, 2.45) is 0 Å². The van der Waals surface area contributed by atoms with Crippen LogP contribution in [0, 0.1) is 10.1 Å². The third-order valence-corrected chi connectivity index (χ3v) is 5.60. The molecule has 9 nitrogen and oxygen atoms in total. The zero-order valence-electron chi connectivity index (χ0n) is 14.6. The monoisotopic (exact) mass is 412 g/mol. The van der Waals surface area contributed by atoms with Crippen LogP contribution in [0.4, 0.5) is 10.8 Å². The number of anilines is 1. The van der Waals surface area contributed by atoms with Gasteiger partial charge in [0, 0.05) is 4.88 Å². The van der Waals surface area contributed by atoms with Crippen LogP contribution in [0.1, 0.15) is 58.0 Å². The molecule has 11 heteroatoms. The standard InChI is InChI=1S/C16H17ClN4O5S/c1-7(2)26-16(23)10-8-5-3-4-6-9(8)27-15(10)18-14(22)12-11(17)13(20-19-12)21(24)25/h7H,3-6H2,1-2H3,(H,18,22)(H,19,20). The first-order valence-corrected chi connectivity index (χ1v) is 9.54. The normalized spacial score (nSPS) is 13.3. The average Bonchev–Trinajstić information content (AvgIpc) is 3.14. The average molecular weight is 413 g/mol. The Morgan fingerprint density at radius 1 is 1.37 bits per heavy atom. The molecule has 0 radical (unpaired) electrons. The summed E-state index contributed by atoms with van der Waals surface area (Å²) in [6.45, 7) is 3.50. The Kier molecular flexibility index (Phi) is 5.47. The number of nitrogens with zero attached hydrogens (tertiary/aromatic N) is 2. The Morgan fingerprint density at radius 3 is 2.70 bits per heavy atom. The fraction of sp³-hybridized carbons (Fsp3) is 0.438. The third-order valence-electron chi connectivity index (χ3n) is 4.03. The maximum Gasteiger partial charge on any atom is 0.362 e. The van der Waals surface area contributed by atoms with E-state index >= 15 is 0 Å². The van der Waals surface area contributed by atoms with Gasteiger partial charge >= 0.3 is 11.8 Å². The molecule has 0 unspecified atom stereocenters. The minimum Gasteiger partial charge on any atom is -0.459 e. The number of aromatic nitrogens is 2. The molecule has 1 aliphatic rings. The predicted molar refractivity (Wildman–Crippen MR) is 99.7 cm³/mol. The number of nitro groups is 1. The third kappa shape index (κ3) is 3.81. The number of esters is 1. The maximum atomic E-state index is 12.6. The SMILES string of the molecule is CC(C)OC(=O)c1c(NC(=O)c2n[nH]c([N+](=O)[O-])c2Cl)sc2c1CCCC2. The van der Waals surface area contributed by atoms with Gasteiger partial charge in [-0.2, -0.15) is 0 Å². The lowest BCUT2D eigenvalue weighted by Crippen LogP contribution is -2.18. The van der Waals surface area contributed by atoms with Crippen molar-refractivity contribution in [2.45, 2.75) is 45.6 Å². The molecule has 1 aliphatic carbocycles. The molecule has 1 amide bonds. The molecule has 3 rings (SSSR count).